The monoisotopic (exact) mass is 326 g/mol. The van der Waals surface area contributed by atoms with E-state index in [1.807, 2.05) is 66.7 Å². The maximum absolute atomic E-state index is 3.30. The predicted molar refractivity (Wildman–Crippen MR) is 106 cm³/mol. The molecule has 0 radical (unpaired) electrons. The number of benzene rings is 3. The number of hydrogen-bond donors (Lipinski definition) is 0. The summed E-state index contributed by atoms with van der Waals surface area (Å²) in [5, 5.41) is 2.23. The highest BCUT2D eigenvalue weighted by Crippen LogP contribution is 2.21. The highest BCUT2D eigenvalue weighted by Gasteiger charge is 2.01. The van der Waals surface area contributed by atoms with Gasteiger partial charge in [0.05, 0.1) is 5.56 Å². The lowest BCUT2D eigenvalue weighted by Gasteiger charge is -2.03. The average molecular weight is 326 g/mol. The van der Waals surface area contributed by atoms with E-state index in [2.05, 4.69) is 54.0 Å². The van der Waals surface area contributed by atoms with Crippen molar-refractivity contribution in [3.63, 3.8) is 0 Å². The SMILES string of the molecule is C(#Cc1cccc2c(C#Cc3ccccc3)cccc12)c1c#cccc1. The second kappa shape index (κ2) is 7.32. The first-order valence-corrected chi connectivity index (χ1v) is 8.39. The van der Waals surface area contributed by atoms with Crippen LogP contribution in [0, 0.1) is 35.8 Å². The lowest BCUT2D eigenvalue weighted by Crippen LogP contribution is -1.84. The van der Waals surface area contributed by atoms with Gasteiger partial charge in [-0.3, -0.25) is 0 Å². The van der Waals surface area contributed by atoms with Gasteiger partial charge in [-0.2, -0.15) is 0 Å². The Balaban J connectivity index is 1.77. The summed E-state index contributed by atoms with van der Waals surface area (Å²) in [6, 6.07) is 34.0. The molecule has 0 heteroatoms. The standard InChI is InChI=1S/C26H14/c1-3-9-21(10-4-1)17-19-23-13-7-16-26-24(14-8-15-25(23)26)20-18-22-11-5-2-6-12-22/h1-5,7-11,13-16H. The summed E-state index contributed by atoms with van der Waals surface area (Å²) in [5.74, 6) is 12.9. The summed E-state index contributed by atoms with van der Waals surface area (Å²) < 4.78 is 0. The Morgan fingerprint density at radius 1 is 0.538 bits per heavy atom. The van der Waals surface area contributed by atoms with Gasteiger partial charge in [0, 0.05) is 16.7 Å². The maximum Gasteiger partial charge on any atom is 0.0751 e. The molecule has 4 rings (SSSR count). The van der Waals surface area contributed by atoms with E-state index in [0.29, 0.717) is 0 Å². The van der Waals surface area contributed by atoms with Crippen molar-refractivity contribution in [3.05, 3.63) is 119 Å². The Bertz CT molecular complexity index is 1070. The lowest BCUT2D eigenvalue weighted by atomic mass is 10.00. The van der Waals surface area contributed by atoms with Gasteiger partial charge in [0.1, 0.15) is 0 Å². The van der Waals surface area contributed by atoms with Crippen LogP contribution in [0.3, 0.4) is 0 Å². The summed E-state index contributed by atoms with van der Waals surface area (Å²) in [5.41, 5.74) is 3.85. The minimum Gasteiger partial charge on any atom is -0.0689 e. The lowest BCUT2D eigenvalue weighted by molar-refractivity contribution is 1.64. The summed E-state index contributed by atoms with van der Waals surface area (Å²) >= 11 is 0. The topological polar surface area (TPSA) is 0 Å². The molecule has 4 aromatic rings. The first-order chi connectivity index (χ1) is 12.9. The molecule has 0 unspecified atom stereocenters. The van der Waals surface area contributed by atoms with Crippen LogP contribution in [0.5, 0.6) is 0 Å². The molecule has 4 aromatic carbocycles. The van der Waals surface area contributed by atoms with E-state index in [9.17, 15) is 0 Å². The normalized spacial score (nSPS) is 9.38. The Morgan fingerprint density at radius 2 is 1.23 bits per heavy atom. The fraction of sp³-hybridized carbons (Fsp3) is 0. The molecule has 0 aromatic heterocycles. The van der Waals surface area contributed by atoms with Gasteiger partial charge in [0.2, 0.25) is 0 Å². The summed E-state index contributed by atoms with van der Waals surface area (Å²) in [6.07, 6.45) is 0. The molecule has 0 fully saturated rings. The van der Waals surface area contributed by atoms with Gasteiger partial charge < -0.3 is 0 Å². The molecule has 0 aliphatic heterocycles. The zero-order chi connectivity index (χ0) is 17.6. The van der Waals surface area contributed by atoms with Crippen LogP contribution in [0.1, 0.15) is 22.3 Å². The van der Waals surface area contributed by atoms with Crippen molar-refractivity contribution in [1.29, 1.82) is 0 Å². The van der Waals surface area contributed by atoms with Gasteiger partial charge in [-0.25, -0.2) is 0 Å². The highest BCUT2D eigenvalue weighted by atomic mass is 14.0. The molecule has 0 nitrogen and oxygen atoms in total. The number of fused-ring (bicyclic) bond motifs is 1. The van der Waals surface area contributed by atoms with Crippen LogP contribution in [-0.4, -0.2) is 0 Å². The minimum absolute atomic E-state index is 0.838. The second-order valence-corrected chi connectivity index (χ2v) is 5.78. The van der Waals surface area contributed by atoms with Gasteiger partial charge in [-0.15, -0.1) is 0 Å². The molecular formula is C26H14. The Labute approximate surface area is 154 Å². The fourth-order valence-electron chi connectivity index (χ4n) is 2.75. The van der Waals surface area contributed by atoms with E-state index in [0.717, 1.165) is 33.0 Å². The third kappa shape index (κ3) is 3.44. The van der Waals surface area contributed by atoms with Gasteiger partial charge >= 0.3 is 0 Å². The van der Waals surface area contributed by atoms with E-state index < -0.39 is 0 Å². The van der Waals surface area contributed by atoms with Crippen LogP contribution in [0.15, 0.2) is 84.9 Å². The molecule has 26 heavy (non-hydrogen) atoms. The van der Waals surface area contributed by atoms with E-state index >= 15 is 0 Å². The van der Waals surface area contributed by atoms with E-state index in [1.54, 1.807) is 0 Å². The third-order valence-corrected chi connectivity index (χ3v) is 4.02. The first kappa shape index (κ1) is 15.6. The average Bonchev–Trinajstić information content (AvgIpc) is 2.72. The van der Waals surface area contributed by atoms with Crippen molar-refractivity contribution in [2.75, 3.05) is 0 Å². The van der Waals surface area contributed by atoms with Crippen molar-refractivity contribution in [1.82, 2.24) is 0 Å². The number of hydrogen-bond acceptors (Lipinski definition) is 0. The molecule has 0 atom stereocenters. The predicted octanol–water partition coefficient (Wildman–Crippen LogP) is 5.24. The van der Waals surface area contributed by atoms with Crippen molar-refractivity contribution < 1.29 is 0 Å². The van der Waals surface area contributed by atoms with E-state index in [-0.39, 0.29) is 0 Å². The summed E-state index contributed by atoms with van der Waals surface area (Å²) in [6.45, 7) is 0. The Kier molecular flexibility index (Phi) is 4.39. The Hall–Kier alpha value is -3.92. The van der Waals surface area contributed by atoms with Crippen LogP contribution < -0.4 is 0 Å². The minimum atomic E-state index is 0.838. The van der Waals surface area contributed by atoms with Crippen LogP contribution in [0.2, 0.25) is 0 Å². The molecule has 0 aliphatic rings. The van der Waals surface area contributed by atoms with Crippen molar-refractivity contribution in [2.24, 2.45) is 0 Å². The summed E-state index contributed by atoms with van der Waals surface area (Å²) in [4.78, 5) is 0. The summed E-state index contributed by atoms with van der Waals surface area (Å²) in [7, 11) is 0. The molecule has 118 valence electrons. The zero-order valence-electron chi connectivity index (χ0n) is 14.1. The molecule has 0 saturated carbocycles. The van der Waals surface area contributed by atoms with Crippen LogP contribution in [0.25, 0.3) is 10.8 Å². The molecule has 0 heterocycles. The molecule has 0 amide bonds. The van der Waals surface area contributed by atoms with Crippen LogP contribution >= 0.6 is 0 Å². The van der Waals surface area contributed by atoms with E-state index in [1.165, 1.54) is 0 Å². The van der Waals surface area contributed by atoms with Crippen LogP contribution in [0.4, 0.5) is 0 Å². The molecule has 0 spiro atoms. The van der Waals surface area contributed by atoms with Crippen molar-refractivity contribution >= 4 is 10.8 Å². The van der Waals surface area contributed by atoms with E-state index in [4.69, 9.17) is 0 Å². The van der Waals surface area contributed by atoms with Crippen LogP contribution in [-0.2, 0) is 0 Å². The molecule has 0 N–H and O–H groups in total. The highest BCUT2D eigenvalue weighted by molar-refractivity contribution is 5.92. The Morgan fingerprint density at radius 3 is 1.88 bits per heavy atom. The zero-order valence-corrected chi connectivity index (χ0v) is 14.1. The first-order valence-electron chi connectivity index (χ1n) is 8.39. The van der Waals surface area contributed by atoms with Gasteiger partial charge in [-0.1, -0.05) is 84.3 Å². The third-order valence-electron chi connectivity index (χ3n) is 4.02. The van der Waals surface area contributed by atoms with Crippen molar-refractivity contribution in [2.45, 2.75) is 0 Å². The second-order valence-electron chi connectivity index (χ2n) is 5.78. The number of rotatable bonds is 0. The van der Waals surface area contributed by atoms with Gasteiger partial charge in [0.15, 0.2) is 0 Å². The quantitative estimate of drug-likeness (QED) is 0.388. The molecule has 0 saturated heterocycles. The smallest absolute Gasteiger partial charge is 0.0689 e. The maximum atomic E-state index is 3.30. The largest absolute Gasteiger partial charge is 0.0751 e. The van der Waals surface area contributed by atoms with Crippen molar-refractivity contribution in [3.8, 4) is 23.7 Å². The van der Waals surface area contributed by atoms with Gasteiger partial charge in [-0.05, 0) is 47.2 Å². The molecule has 0 aliphatic carbocycles. The molecule has 0 bridgehead atoms. The van der Waals surface area contributed by atoms with Gasteiger partial charge in [0.25, 0.3) is 0 Å². The fourth-order valence-corrected chi connectivity index (χ4v) is 2.75. The molecular weight excluding hydrogens is 312 g/mol.